The van der Waals surface area contributed by atoms with Crippen LogP contribution < -0.4 is 0 Å². The number of nitrogens with zero attached hydrogens (tertiary/aromatic N) is 1. The van der Waals surface area contributed by atoms with Crippen molar-refractivity contribution < 1.29 is 9.53 Å². The topological polar surface area (TPSA) is 29.5 Å². The van der Waals surface area contributed by atoms with Gasteiger partial charge in [0.1, 0.15) is 5.60 Å². The van der Waals surface area contributed by atoms with Gasteiger partial charge in [0.15, 0.2) is 0 Å². The molecule has 1 aliphatic heterocycles. The number of carbonyl (C=O) groups excluding carboxylic acids is 1. The highest BCUT2D eigenvalue weighted by Crippen LogP contribution is 2.27. The van der Waals surface area contributed by atoms with Gasteiger partial charge < -0.3 is 9.64 Å². The number of hydrogen-bond acceptors (Lipinski definition) is 2. The summed E-state index contributed by atoms with van der Waals surface area (Å²) >= 11 is 0. The average molecular weight is 253 g/mol. The van der Waals surface area contributed by atoms with E-state index in [-0.39, 0.29) is 12.1 Å². The van der Waals surface area contributed by atoms with E-state index in [1.165, 1.54) is 5.57 Å². The van der Waals surface area contributed by atoms with Gasteiger partial charge in [0.25, 0.3) is 0 Å². The second kappa shape index (κ2) is 6.26. The predicted octanol–water partition coefficient (Wildman–Crippen LogP) is 4.13. The molecule has 1 heterocycles. The van der Waals surface area contributed by atoms with Gasteiger partial charge in [-0.25, -0.2) is 4.79 Å². The van der Waals surface area contributed by atoms with E-state index in [1.807, 2.05) is 25.7 Å². The minimum absolute atomic E-state index is 0.186. The standard InChI is InChI=1S/C15H27NO2/c1-6-7-9-12(2)13-10-8-11-16(13)14(17)18-15(3,4)5/h13H,2,6-11H2,1,3-5H3/t13-/m1/s1. The summed E-state index contributed by atoms with van der Waals surface area (Å²) in [7, 11) is 0. The first kappa shape index (κ1) is 15.1. The van der Waals surface area contributed by atoms with Crippen molar-refractivity contribution >= 4 is 6.09 Å². The summed E-state index contributed by atoms with van der Waals surface area (Å²) in [4.78, 5) is 14.0. The number of hydrogen-bond donors (Lipinski definition) is 0. The van der Waals surface area contributed by atoms with Crippen molar-refractivity contribution in [2.45, 2.75) is 71.4 Å². The predicted molar refractivity (Wildman–Crippen MR) is 74.6 cm³/mol. The molecule has 3 nitrogen and oxygen atoms in total. The Morgan fingerprint density at radius 2 is 2.11 bits per heavy atom. The molecule has 0 unspecified atom stereocenters. The highest BCUT2D eigenvalue weighted by atomic mass is 16.6. The monoisotopic (exact) mass is 253 g/mol. The maximum Gasteiger partial charge on any atom is 0.410 e. The van der Waals surface area contributed by atoms with Crippen molar-refractivity contribution in [2.75, 3.05) is 6.54 Å². The van der Waals surface area contributed by atoms with Gasteiger partial charge >= 0.3 is 6.09 Å². The Kier molecular flexibility index (Phi) is 5.24. The lowest BCUT2D eigenvalue weighted by molar-refractivity contribution is 0.0247. The lowest BCUT2D eigenvalue weighted by Gasteiger charge is -2.29. The van der Waals surface area contributed by atoms with Crippen LogP contribution in [-0.2, 0) is 4.74 Å². The van der Waals surface area contributed by atoms with E-state index in [0.29, 0.717) is 0 Å². The molecule has 1 amide bonds. The first-order valence-corrected chi connectivity index (χ1v) is 7.02. The molecule has 1 atom stereocenters. The Bertz CT molecular complexity index is 304. The molecule has 0 N–H and O–H groups in total. The second-order valence-electron chi connectivity index (χ2n) is 6.09. The Labute approximate surface area is 111 Å². The number of carbonyl (C=O) groups is 1. The fourth-order valence-electron chi connectivity index (χ4n) is 2.30. The molecule has 0 bridgehead atoms. The molecule has 0 saturated carbocycles. The maximum atomic E-state index is 12.1. The van der Waals surface area contributed by atoms with E-state index in [0.717, 1.165) is 38.6 Å². The van der Waals surface area contributed by atoms with E-state index in [2.05, 4.69) is 13.5 Å². The molecule has 3 heteroatoms. The average Bonchev–Trinajstić information content (AvgIpc) is 2.72. The van der Waals surface area contributed by atoms with E-state index in [4.69, 9.17) is 4.74 Å². The van der Waals surface area contributed by atoms with Crippen molar-refractivity contribution in [1.82, 2.24) is 4.90 Å². The molecular formula is C15H27NO2. The summed E-state index contributed by atoms with van der Waals surface area (Å²) in [5, 5.41) is 0. The summed E-state index contributed by atoms with van der Waals surface area (Å²) in [6.45, 7) is 12.8. The Morgan fingerprint density at radius 3 is 2.67 bits per heavy atom. The van der Waals surface area contributed by atoms with Crippen LogP contribution >= 0.6 is 0 Å². The molecule has 0 aromatic heterocycles. The third-order valence-electron chi connectivity index (χ3n) is 3.20. The van der Waals surface area contributed by atoms with Gasteiger partial charge in [-0.3, -0.25) is 0 Å². The minimum Gasteiger partial charge on any atom is -0.444 e. The van der Waals surface area contributed by atoms with Crippen molar-refractivity contribution in [1.29, 1.82) is 0 Å². The van der Waals surface area contributed by atoms with Crippen LogP contribution in [0.5, 0.6) is 0 Å². The van der Waals surface area contributed by atoms with Gasteiger partial charge in [-0.1, -0.05) is 25.5 Å². The Morgan fingerprint density at radius 1 is 1.44 bits per heavy atom. The van der Waals surface area contributed by atoms with Crippen LogP contribution in [0, 0.1) is 0 Å². The van der Waals surface area contributed by atoms with Crippen LogP contribution in [0.25, 0.3) is 0 Å². The van der Waals surface area contributed by atoms with Gasteiger partial charge in [0.2, 0.25) is 0 Å². The molecule has 18 heavy (non-hydrogen) atoms. The lowest BCUT2D eigenvalue weighted by atomic mass is 10.0. The molecule has 1 saturated heterocycles. The van der Waals surface area contributed by atoms with Gasteiger partial charge in [-0.05, 0) is 46.5 Å². The normalized spacial score (nSPS) is 20.0. The minimum atomic E-state index is -0.422. The Balaban J connectivity index is 2.59. The van der Waals surface area contributed by atoms with Crippen LogP contribution in [0.15, 0.2) is 12.2 Å². The molecule has 1 rings (SSSR count). The van der Waals surface area contributed by atoms with Crippen LogP contribution in [-0.4, -0.2) is 29.2 Å². The zero-order valence-electron chi connectivity index (χ0n) is 12.3. The first-order valence-electron chi connectivity index (χ1n) is 7.02. The lowest BCUT2D eigenvalue weighted by Crippen LogP contribution is -2.40. The highest BCUT2D eigenvalue weighted by Gasteiger charge is 2.33. The van der Waals surface area contributed by atoms with E-state index >= 15 is 0 Å². The van der Waals surface area contributed by atoms with Crippen molar-refractivity contribution in [3.63, 3.8) is 0 Å². The largest absolute Gasteiger partial charge is 0.444 e. The molecule has 1 aliphatic rings. The molecule has 0 aromatic carbocycles. The number of amides is 1. The fraction of sp³-hybridized carbons (Fsp3) is 0.800. The molecule has 0 radical (unpaired) electrons. The van der Waals surface area contributed by atoms with Gasteiger partial charge in [-0.15, -0.1) is 0 Å². The Hall–Kier alpha value is -0.990. The van der Waals surface area contributed by atoms with Gasteiger partial charge in [0.05, 0.1) is 6.04 Å². The van der Waals surface area contributed by atoms with Crippen molar-refractivity contribution in [3.8, 4) is 0 Å². The van der Waals surface area contributed by atoms with E-state index in [9.17, 15) is 4.79 Å². The summed E-state index contributed by atoms with van der Waals surface area (Å²) in [5.41, 5.74) is 0.759. The molecular weight excluding hydrogens is 226 g/mol. The van der Waals surface area contributed by atoms with Crippen LogP contribution in [0.2, 0.25) is 0 Å². The first-order chi connectivity index (χ1) is 8.35. The molecule has 104 valence electrons. The fourth-order valence-corrected chi connectivity index (χ4v) is 2.30. The molecule has 0 aliphatic carbocycles. The number of unbranched alkanes of at least 4 members (excludes halogenated alkanes) is 1. The van der Waals surface area contributed by atoms with Gasteiger partial charge in [-0.2, -0.15) is 0 Å². The second-order valence-corrected chi connectivity index (χ2v) is 6.09. The zero-order valence-corrected chi connectivity index (χ0v) is 12.3. The summed E-state index contributed by atoms with van der Waals surface area (Å²) in [5.74, 6) is 0. The molecule has 0 aromatic rings. The van der Waals surface area contributed by atoms with Gasteiger partial charge in [0, 0.05) is 6.54 Å². The van der Waals surface area contributed by atoms with Crippen LogP contribution in [0.4, 0.5) is 4.79 Å². The molecule has 1 fully saturated rings. The number of rotatable bonds is 4. The van der Waals surface area contributed by atoms with Crippen LogP contribution in [0.3, 0.4) is 0 Å². The SMILES string of the molecule is C=C(CCCC)[C@H]1CCCN1C(=O)OC(C)(C)C. The van der Waals surface area contributed by atoms with Crippen molar-refractivity contribution in [2.24, 2.45) is 0 Å². The maximum absolute atomic E-state index is 12.1. The highest BCUT2D eigenvalue weighted by molar-refractivity contribution is 5.69. The smallest absolute Gasteiger partial charge is 0.410 e. The third-order valence-corrected chi connectivity index (χ3v) is 3.20. The zero-order chi connectivity index (χ0) is 13.8. The van der Waals surface area contributed by atoms with Crippen molar-refractivity contribution in [3.05, 3.63) is 12.2 Å². The quantitative estimate of drug-likeness (QED) is 0.705. The third kappa shape index (κ3) is 4.35. The van der Waals surface area contributed by atoms with Crippen LogP contribution in [0.1, 0.15) is 59.8 Å². The summed E-state index contributed by atoms with van der Waals surface area (Å²) in [6.07, 6.45) is 5.22. The molecule has 0 spiro atoms. The van der Waals surface area contributed by atoms with E-state index in [1.54, 1.807) is 0 Å². The summed E-state index contributed by atoms with van der Waals surface area (Å²) < 4.78 is 5.45. The number of likely N-dealkylation sites (tertiary alicyclic amines) is 1. The van der Waals surface area contributed by atoms with E-state index < -0.39 is 5.60 Å². The summed E-state index contributed by atoms with van der Waals surface area (Å²) in [6, 6.07) is 0.186. The number of ether oxygens (including phenoxy) is 1.